The maximum absolute atomic E-state index is 12.4. The average molecular weight is 349 g/mol. The van der Waals surface area contributed by atoms with Crippen LogP contribution in [0.15, 0.2) is 16.3 Å². The molecule has 0 amide bonds. The van der Waals surface area contributed by atoms with Gasteiger partial charge >= 0.3 is 0 Å². The van der Waals surface area contributed by atoms with Gasteiger partial charge in [-0.05, 0) is 50.6 Å². The topological polar surface area (TPSA) is 58.2 Å². The molecule has 1 aliphatic rings. The van der Waals surface area contributed by atoms with Crippen LogP contribution in [0.1, 0.15) is 37.5 Å². The lowest BCUT2D eigenvalue weighted by Gasteiger charge is -2.27. The summed E-state index contributed by atoms with van der Waals surface area (Å²) < 4.78 is 28.1. The van der Waals surface area contributed by atoms with Crippen molar-refractivity contribution in [3.05, 3.63) is 17.0 Å². The monoisotopic (exact) mass is 348 g/mol. The lowest BCUT2D eigenvalue weighted by atomic mass is 9.96. The molecule has 7 heteroatoms. The Bertz CT molecular complexity index is 534. The number of sulfonamides is 1. The Hall–Kier alpha value is -0.0800. The molecule has 0 bridgehead atoms. The predicted octanol–water partition coefficient (Wildman–Crippen LogP) is 2.81. The molecule has 2 N–H and O–H groups in total. The summed E-state index contributed by atoms with van der Waals surface area (Å²) in [5, 5.41) is 3.91. The Morgan fingerprint density at radius 3 is 2.62 bits per heavy atom. The number of nitrogens with one attached hydrogen (secondary N) is 2. The fourth-order valence-electron chi connectivity index (χ4n) is 2.54. The SMILES string of the molecule is CCNCc1ccc(S(=O)(=O)NC2CCC(SC)CC2)s1. The summed E-state index contributed by atoms with van der Waals surface area (Å²) in [4.78, 5) is 1.06. The van der Waals surface area contributed by atoms with E-state index in [4.69, 9.17) is 0 Å². The highest BCUT2D eigenvalue weighted by atomic mass is 32.2. The number of thioether (sulfide) groups is 1. The van der Waals surface area contributed by atoms with Crippen molar-refractivity contribution < 1.29 is 8.42 Å². The van der Waals surface area contributed by atoms with E-state index in [1.165, 1.54) is 11.3 Å². The Labute approximate surface area is 136 Å². The van der Waals surface area contributed by atoms with Gasteiger partial charge < -0.3 is 5.32 Å². The zero-order valence-electron chi connectivity index (χ0n) is 12.6. The Morgan fingerprint density at radius 1 is 1.29 bits per heavy atom. The molecule has 0 spiro atoms. The van der Waals surface area contributed by atoms with E-state index < -0.39 is 10.0 Å². The Balaban J connectivity index is 1.94. The van der Waals surface area contributed by atoms with E-state index in [1.54, 1.807) is 6.07 Å². The smallest absolute Gasteiger partial charge is 0.250 e. The van der Waals surface area contributed by atoms with Crippen LogP contribution in [0.5, 0.6) is 0 Å². The van der Waals surface area contributed by atoms with E-state index in [2.05, 4.69) is 16.3 Å². The van der Waals surface area contributed by atoms with Gasteiger partial charge in [-0.25, -0.2) is 13.1 Å². The van der Waals surface area contributed by atoms with Crippen LogP contribution < -0.4 is 10.0 Å². The molecule has 4 nitrogen and oxygen atoms in total. The lowest BCUT2D eigenvalue weighted by Crippen LogP contribution is -2.37. The summed E-state index contributed by atoms with van der Waals surface area (Å²) in [6.45, 7) is 3.66. The molecule has 0 saturated heterocycles. The molecule has 2 rings (SSSR count). The fourth-order valence-corrected chi connectivity index (χ4v) is 5.93. The van der Waals surface area contributed by atoms with E-state index in [0.717, 1.165) is 43.6 Å². The maximum atomic E-state index is 12.4. The molecule has 0 aromatic carbocycles. The van der Waals surface area contributed by atoms with E-state index >= 15 is 0 Å². The minimum Gasteiger partial charge on any atom is -0.312 e. The van der Waals surface area contributed by atoms with Gasteiger partial charge in [0.25, 0.3) is 0 Å². The molecule has 1 saturated carbocycles. The second kappa shape index (κ2) is 7.97. The van der Waals surface area contributed by atoms with Crippen molar-refractivity contribution in [3.63, 3.8) is 0 Å². The first-order chi connectivity index (χ1) is 10.0. The Morgan fingerprint density at radius 2 is 2.00 bits per heavy atom. The first-order valence-corrected chi connectivity index (χ1v) is 11.0. The van der Waals surface area contributed by atoms with Gasteiger partial charge in [0.2, 0.25) is 10.0 Å². The Kier molecular flexibility index (Phi) is 6.55. The predicted molar refractivity (Wildman–Crippen MR) is 91.6 cm³/mol. The fraction of sp³-hybridized carbons (Fsp3) is 0.714. The summed E-state index contributed by atoms with van der Waals surface area (Å²) in [5.41, 5.74) is 0. The van der Waals surface area contributed by atoms with Crippen molar-refractivity contribution in [1.29, 1.82) is 0 Å². The van der Waals surface area contributed by atoms with Gasteiger partial charge in [-0.3, -0.25) is 0 Å². The minimum atomic E-state index is -3.35. The minimum absolute atomic E-state index is 0.0951. The molecule has 0 atom stereocenters. The van der Waals surface area contributed by atoms with E-state index in [0.29, 0.717) is 9.46 Å². The molecular weight excluding hydrogens is 324 g/mol. The van der Waals surface area contributed by atoms with Crippen LogP contribution in [0.3, 0.4) is 0 Å². The van der Waals surface area contributed by atoms with Crippen LogP contribution in [0.4, 0.5) is 0 Å². The maximum Gasteiger partial charge on any atom is 0.250 e. The highest BCUT2D eigenvalue weighted by Gasteiger charge is 2.26. The largest absolute Gasteiger partial charge is 0.312 e. The highest BCUT2D eigenvalue weighted by molar-refractivity contribution is 7.99. The summed E-state index contributed by atoms with van der Waals surface area (Å²) in [5.74, 6) is 0. The van der Waals surface area contributed by atoms with Crippen molar-refractivity contribution in [2.75, 3.05) is 12.8 Å². The second-order valence-electron chi connectivity index (χ2n) is 5.33. The van der Waals surface area contributed by atoms with Crippen LogP contribution in [0, 0.1) is 0 Å². The van der Waals surface area contributed by atoms with E-state index in [1.807, 2.05) is 24.8 Å². The molecule has 0 unspecified atom stereocenters. The zero-order valence-corrected chi connectivity index (χ0v) is 15.0. The first-order valence-electron chi connectivity index (χ1n) is 7.39. The zero-order chi connectivity index (χ0) is 15.3. The molecule has 1 aromatic heterocycles. The standard InChI is InChI=1S/C14H24N2O2S3/c1-3-15-10-13-8-9-14(20-13)21(17,18)16-11-4-6-12(19-2)7-5-11/h8-9,11-12,15-16H,3-7,10H2,1-2H3. The molecule has 120 valence electrons. The van der Waals surface area contributed by atoms with Crippen molar-refractivity contribution in [2.45, 2.75) is 54.7 Å². The number of rotatable bonds is 7. The number of hydrogen-bond acceptors (Lipinski definition) is 5. The van der Waals surface area contributed by atoms with E-state index in [9.17, 15) is 8.42 Å². The molecule has 0 aliphatic heterocycles. The quantitative estimate of drug-likeness (QED) is 0.795. The van der Waals surface area contributed by atoms with Gasteiger partial charge in [0, 0.05) is 22.7 Å². The summed E-state index contributed by atoms with van der Waals surface area (Å²) in [6.07, 6.45) is 6.22. The van der Waals surface area contributed by atoms with Crippen molar-refractivity contribution in [1.82, 2.24) is 10.0 Å². The van der Waals surface area contributed by atoms with Crippen molar-refractivity contribution in [3.8, 4) is 0 Å². The third kappa shape index (κ3) is 4.96. The van der Waals surface area contributed by atoms with Gasteiger partial charge in [-0.2, -0.15) is 11.8 Å². The number of thiophene rings is 1. The van der Waals surface area contributed by atoms with E-state index in [-0.39, 0.29) is 6.04 Å². The van der Waals surface area contributed by atoms with Gasteiger partial charge in [-0.1, -0.05) is 6.92 Å². The van der Waals surface area contributed by atoms with Crippen LogP contribution in [0.2, 0.25) is 0 Å². The average Bonchev–Trinajstić information content (AvgIpc) is 2.95. The summed E-state index contributed by atoms with van der Waals surface area (Å²) >= 11 is 3.25. The molecule has 21 heavy (non-hydrogen) atoms. The van der Waals surface area contributed by atoms with Gasteiger partial charge in [0.1, 0.15) is 4.21 Å². The first kappa shape index (κ1) is 17.3. The van der Waals surface area contributed by atoms with Gasteiger partial charge in [-0.15, -0.1) is 11.3 Å². The molecule has 0 radical (unpaired) electrons. The van der Waals surface area contributed by atoms with Crippen LogP contribution in [-0.4, -0.2) is 32.5 Å². The van der Waals surface area contributed by atoms with Crippen LogP contribution in [0.25, 0.3) is 0 Å². The molecule has 1 aromatic rings. The van der Waals surface area contributed by atoms with Crippen molar-refractivity contribution in [2.24, 2.45) is 0 Å². The van der Waals surface area contributed by atoms with Crippen LogP contribution in [-0.2, 0) is 16.6 Å². The second-order valence-corrected chi connectivity index (χ2v) is 9.58. The summed E-state index contributed by atoms with van der Waals surface area (Å²) in [6, 6.07) is 3.71. The normalized spacial score (nSPS) is 23.3. The van der Waals surface area contributed by atoms with Crippen LogP contribution >= 0.6 is 23.1 Å². The van der Waals surface area contributed by atoms with Gasteiger partial charge in [0.15, 0.2) is 0 Å². The highest BCUT2D eigenvalue weighted by Crippen LogP contribution is 2.28. The molecular formula is C14H24N2O2S3. The molecule has 1 fully saturated rings. The third-order valence-electron chi connectivity index (χ3n) is 3.78. The van der Waals surface area contributed by atoms with Crippen molar-refractivity contribution >= 4 is 33.1 Å². The third-order valence-corrected chi connectivity index (χ3v) is 8.02. The molecule has 1 heterocycles. The summed E-state index contributed by atoms with van der Waals surface area (Å²) in [7, 11) is -3.35. The van der Waals surface area contributed by atoms with Gasteiger partial charge in [0.05, 0.1) is 0 Å². The lowest BCUT2D eigenvalue weighted by molar-refractivity contribution is 0.420. The molecule has 1 aliphatic carbocycles. The number of hydrogen-bond donors (Lipinski definition) is 2.